The van der Waals surface area contributed by atoms with Crippen molar-refractivity contribution in [2.45, 2.75) is 13.5 Å². The van der Waals surface area contributed by atoms with Gasteiger partial charge < -0.3 is 4.90 Å². The van der Waals surface area contributed by atoms with Crippen LogP contribution in [0.1, 0.15) is 11.6 Å². The summed E-state index contributed by atoms with van der Waals surface area (Å²) in [4.78, 5) is 16.8. The number of H-pyrrole nitrogens is 1. The van der Waals surface area contributed by atoms with Crippen molar-refractivity contribution >= 4 is 15.7 Å². The van der Waals surface area contributed by atoms with Crippen LogP contribution in [0.2, 0.25) is 0 Å². The summed E-state index contributed by atoms with van der Waals surface area (Å²) >= 11 is 0. The number of rotatable bonds is 4. The van der Waals surface area contributed by atoms with Crippen molar-refractivity contribution in [2.75, 3.05) is 19.1 Å². The van der Waals surface area contributed by atoms with E-state index in [9.17, 15) is 13.2 Å². The maximum absolute atomic E-state index is 11.5. The highest BCUT2D eigenvalue weighted by Gasteiger charge is 2.16. The molecule has 0 aliphatic heterocycles. The number of sulfone groups is 1. The molecule has 7 nitrogen and oxygen atoms in total. The topological polar surface area (TPSA) is 96.0 Å². The van der Waals surface area contributed by atoms with Crippen LogP contribution >= 0.6 is 0 Å². The molecule has 0 unspecified atom stereocenters. The van der Waals surface area contributed by atoms with E-state index in [0.717, 1.165) is 6.26 Å². The molecule has 0 bridgehead atoms. The van der Waals surface area contributed by atoms with Crippen LogP contribution in [0.15, 0.2) is 0 Å². The summed E-state index contributed by atoms with van der Waals surface area (Å²) < 4.78 is 21.8. The fourth-order valence-corrected chi connectivity index (χ4v) is 1.76. The van der Waals surface area contributed by atoms with Gasteiger partial charge in [-0.05, 0) is 6.92 Å². The summed E-state index contributed by atoms with van der Waals surface area (Å²) in [7, 11) is -1.78. The number of aromatic nitrogens is 3. The normalized spacial score (nSPS) is 11.4. The van der Waals surface area contributed by atoms with Gasteiger partial charge >= 0.3 is 0 Å². The number of aryl methyl sites for hydroxylation is 1. The predicted octanol–water partition coefficient (Wildman–Crippen LogP) is -0.884. The Hall–Kier alpha value is -1.44. The Balaban J connectivity index is 2.59. The molecule has 0 saturated heterocycles. The van der Waals surface area contributed by atoms with Gasteiger partial charge in [-0.2, -0.15) is 5.10 Å². The molecule has 1 N–H and O–H groups in total. The molecule has 1 aromatic heterocycles. The molecule has 1 heterocycles. The second-order valence-electron chi connectivity index (χ2n) is 3.66. The maximum Gasteiger partial charge on any atom is 0.237 e. The van der Waals surface area contributed by atoms with Gasteiger partial charge in [0, 0.05) is 13.3 Å². The van der Waals surface area contributed by atoms with Gasteiger partial charge in [0.25, 0.3) is 0 Å². The second-order valence-corrected chi connectivity index (χ2v) is 5.80. The first-order chi connectivity index (χ1) is 7.28. The zero-order valence-corrected chi connectivity index (χ0v) is 10.2. The van der Waals surface area contributed by atoms with E-state index in [2.05, 4.69) is 15.2 Å². The number of hydrogen-bond donors (Lipinski definition) is 1. The molecule has 1 aromatic rings. The van der Waals surface area contributed by atoms with Gasteiger partial charge in [-0.15, -0.1) is 0 Å². The molecule has 0 radical (unpaired) electrons. The van der Waals surface area contributed by atoms with Crippen molar-refractivity contribution in [1.82, 2.24) is 20.1 Å². The first-order valence-corrected chi connectivity index (χ1v) is 6.63. The van der Waals surface area contributed by atoms with Crippen LogP contribution < -0.4 is 0 Å². The van der Waals surface area contributed by atoms with E-state index >= 15 is 0 Å². The summed E-state index contributed by atoms with van der Waals surface area (Å²) in [6.07, 6.45) is 1.02. The van der Waals surface area contributed by atoms with Crippen molar-refractivity contribution in [3.8, 4) is 0 Å². The lowest BCUT2D eigenvalue weighted by atomic mass is 10.5. The highest BCUT2D eigenvalue weighted by atomic mass is 32.2. The Morgan fingerprint density at radius 1 is 1.50 bits per heavy atom. The first-order valence-electron chi connectivity index (χ1n) is 4.57. The molecule has 0 saturated carbocycles. The minimum absolute atomic E-state index is 0.193. The van der Waals surface area contributed by atoms with Gasteiger partial charge in [0.05, 0.1) is 6.54 Å². The van der Waals surface area contributed by atoms with Gasteiger partial charge in [-0.1, -0.05) is 0 Å². The molecular weight excluding hydrogens is 232 g/mol. The smallest absolute Gasteiger partial charge is 0.237 e. The van der Waals surface area contributed by atoms with Crippen LogP contribution in [-0.2, 0) is 21.2 Å². The molecule has 0 aromatic carbocycles. The summed E-state index contributed by atoms with van der Waals surface area (Å²) in [5.74, 6) is 0.151. The third-order valence-corrected chi connectivity index (χ3v) is 2.60. The summed E-state index contributed by atoms with van der Waals surface area (Å²) in [5.41, 5.74) is 0. The number of nitrogens with zero attached hydrogens (tertiary/aromatic N) is 3. The Labute approximate surface area is 93.8 Å². The van der Waals surface area contributed by atoms with Crippen molar-refractivity contribution in [1.29, 1.82) is 0 Å². The predicted molar refractivity (Wildman–Crippen MR) is 57.3 cm³/mol. The molecule has 16 heavy (non-hydrogen) atoms. The molecule has 0 atom stereocenters. The van der Waals surface area contributed by atoms with Crippen LogP contribution in [0.3, 0.4) is 0 Å². The SMILES string of the molecule is Cc1nc(CN(C)C(=O)CS(C)(=O)=O)n[nH]1. The van der Waals surface area contributed by atoms with E-state index in [1.54, 1.807) is 6.92 Å². The molecule has 8 heteroatoms. The van der Waals surface area contributed by atoms with Crippen LogP contribution in [0.25, 0.3) is 0 Å². The molecular formula is C8H14N4O3S. The highest BCUT2D eigenvalue weighted by Crippen LogP contribution is 1.98. The van der Waals surface area contributed by atoms with Crippen LogP contribution in [-0.4, -0.2) is 53.5 Å². The maximum atomic E-state index is 11.5. The van der Waals surface area contributed by atoms with Crippen LogP contribution in [0.4, 0.5) is 0 Å². The third kappa shape index (κ3) is 3.97. The average Bonchev–Trinajstić information content (AvgIpc) is 2.48. The Bertz CT molecular complexity index is 479. The molecule has 0 aliphatic rings. The Morgan fingerprint density at radius 3 is 2.56 bits per heavy atom. The van der Waals surface area contributed by atoms with E-state index in [1.807, 2.05) is 0 Å². The molecule has 1 rings (SSSR count). The number of amides is 1. The van der Waals surface area contributed by atoms with Gasteiger partial charge in [0.1, 0.15) is 11.6 Å². The fourth-order valence-electron chi connectivity index (χ4n) is 1.09. The fraction of sp³-hybridized carbons (Fsp3) is 0.625. The molecule has 0 aliphatic carbocycles. The molecule has 0 spiro atoms. The minimum atomic E-state index is -3.30. The number of carbonyl (C=O) groups excluding carboxylic acids is 1. The summed E-state index contributed by atoms with van der Waals surface area (Å²) in [5, 5.41) is 6.50. The van der Waals surface area contributed by atoms with Crippen LogP contribution in [0.5, 0.6) is 0 Å². The second kappa shape index (κ2) is 4.60. The van der Waals surface area contributed by atoms with Crippen LogP contribution in [0, 0.1) is 6.92 Å². The monoisotopic (exact) mass is 246 g/mol. The number of hydrogen-bond acceptors (Lipinski definition) is 5. The molecule has 90 valence electrons. The number of aromatic amines is 1. The van der Waals surface area contributed by atoms with Gasteiger partial charge in [-0.3, -0.25) is 9.89 Å². The lowest BCUT2D eigenvalue weighted by molar-refractivity contribution is -0.127. The quantitative estimate of drug-likeness (QED) is 0.744. The van der Waals surface area contributed by atoms with Gasteiger partial charge in [-0.25, -0.2) is 13.4 Å². The number of carbonyl (C=O) groups is 1. The zero-order valence-electron chi connectivity index (χ0n) is 9.39. The standard InChI is InChI=1S/C8H14N4O3S/c1-6-9-7(11-10-6)4-12(2)8(13)5-16(3,14)15/h4-5H2,1-3H3,(H,9,10,11). The van der Waals surface area contributed by atoms with E-state index in [0.29, 0.717) is 11.6 Å². The largest absolute Gasteiger partial charge is 0.337 e. The van der Waals surface area contributed by atoms with Crippen molar-refractivity contribution in [3.63, 3.8) is 0 Å². The lowest BCUT2D eigenvalue weighted by Gasteiger charge is -2.14. The van der Waals surface area contributed by atoms with E-state index in [4.69, 9.17) is 0 Å². The summed E-state index contributed by atoms with van der Waals surface area (Å²) in [6.45, 7) is 1.94. The minimum Gasteiger partial charge on any atom is -0.337 e. The Morgan fingerprint density at radius 2 is 2.12 bits per heavy atom. The van der Waals surface area contributed by atoms with E-state index in [1.165, 1.54) is 11.9 Å². The van der Waals surface area contributed by atoms with E-state index < -0.39 is 21.5 Å². The van der Waals surface area contributed by atoms with Crippen molar-refractivity contribution in [3.05, 3.63) is 11.6 Å². The van der Waals surface area contributed by atoms with Gasteiger partial charge in [0.15, 0.2) is 15.7 Å². The van der Waals surface area contributed by atoms with Crippen molar-refractivity contribution < 1.29 is 13.2 Å². The van der Waals surface area contributed by atoms with Gasteiger partial charge in [0.2, 0.25) is 5.91 Å². The third-order valence-electron chi connectivity index (χ3n) is 1.83. The summed E-state index contributed by atoms with van der Waals surface area (Å²) in [6, 6.07) is 0. The highest BCUT2D eigenvalue weighted by molar-refractivity contribution is 7.91. The van der Waals surface area contributed by atoms with Crippen molar-refractivity contribution in [2.24, 2.45) is 0 Å². The lowest BCUT2D eigenvalue weighted by Crippen LogP contribution is -2.32. The molecule has 1 amide bonds. The molecule has 0 fully saturated rings. The first kappa shape index (κ1) is 12.6. The zero-order chi connectivity index (χ0) is 12.3. The average molecular weight is 246 g/mol. The Kier molecular flexibility index (Phi) is 3.63. The van der Waals surface area contributed by atoms with E-state index in [-0.39, 0.29) is 6.54 Å². The number of nitrogens with one attached hydrogen (secondary N) is 1.